The molecule has 7 heteroatoms. The topological polar surface area (TPSA) is 88.1 Å². The van der Waals surface area contributed by atoms with Gasteiger partial charge >= 0.3 is 17.9 Å². The molecule has 0 aliphatic rings. The number of rotatable bonds is 13. The third kappa shape index (κ3) is 9.87. The summed E-state index contributed by atoms with van der Waals surface area (Å²) in [6.45, 7) is 7.73. The Balaban J connectivity index is 2.22. The van der Waals surface area contributed by atoms with Gasteiger partial charge in [-0.1, -0.05) is 50.3 Å². The summed E-state index contributed by atoms with van der Waals surface area (Å²) in [5.41, 5.74) is 0.742. The van der Waals surface area contributed by atoms with E-state index in [9.17, 15) is 14.4 Å². The first-order chi connectivity index (χ1) is 13.4. The molecule has 0 radical (unpaired) electrons. The highest BCUT2D eigenvalue weighted by Crippen LogP contribution is 2.17. The number of hydrogen-bond donors (Lipinski definition) is 0. The first-order valence-electron chi connectivity index (χ1n) is 9.26. The van der Waals surface area contributed by atoms with Crippen molar-refractivity contribution < 1.29 is 33.3 Å². The summed E-state index contributed by atoms with van der Waals surface area (Å²) >= 11 is 0. The Bertz CT molecular complexity index is 639. The molecule has 0 N–H and O–H groups in total. The van der Waals surface area contributed by atoms with Crippen molar-refractivity contribution in [3.05, 3.63) is 48.0 Å². The van der Waals surface area contributed by atoms with Gasteiger partial charge in [-0.2, -0.15) is 0 Å². The van der Waals surface area contributed by atoms with Crippen molar-refractivity contribution in [1.29, 1.82) is 0 Å². The predicted octanol–water partition coefficient (Wildman–Crippen LogP) is 3.14. The molecule has 154 valence electrons. The lowest BCUT2D eigenvalue weighted by atomic mass is 10.1. The summed E-state index contributed by atoms with van der Waals surface area (Å²) in [6, 6.07) is 9.21. The van der Waals surface area contributed by atoms with E-state index in [2.05, 4.69) is 13.5 Å². The molecule has 0 heterocycles. The van der Waals surface area contributed by atoms with Crippen LogP contribution in [0.3, 0.4) is 0 Å². The molecule has 1 aromatic rings. The van der Waals surface area contributed by atoms with E-state index in [1.807, 2.05) is 30.3 Å². The van der Waals surface area contributed by atoms with Gasteiger partial charge in [-0.15, -0.1) is 0 Å². The van der Waals surface area contributed by atoms with Crippen LogP contribution >= 0.6 is 0 Å². The normalized spacial score (nSPS) is 11.4. The van der Waals surface area contributed by atoms with Crippen LogP contribution in [-0.4, -0.2) is 44.3 Å². The highest BCUT2D eigenvalue weighted by Gasteiger charge is 2.18. The zero-order chi connectivity index (χ0) is 20.8. The molecule has 1 aromatic carbocycles. The molecule has 0 bridgehead atoms. The number of carbonyl (C=O) groups is 3. The summed E-state index contributed by atoms with van der Waals surface area (Å²) in [5.74, 6) is -2.15. The Morgan fingerprint density at radius 1 is 1.00 bits per heavy atom. The molecule has 0 aliphatic carbocycles. The Labute approximate surface area is 165 Å². The summed E-state index contributed by atoms with van der Waals surface area (Å²) in [7, 11) is 0. The number of benzene rings is 1. The van der Waals surface area contributed by atoms with Crippen molar-refractivity contribution in [3.8, 4) is 0 Å². The number of ether oxygens (including phenoxy) is 4. The van der Waals surface area contributed by atoms with Crippen LogP contribution in [0.4, 0.5) is 0 Å². The summed E-state index contributed by atoms with van der Waals surface area (Å²) in [5, 5.41) is 0. The molecular formula is C21H28O7. The van der Waals surface area contributed by atoms with E-state index in [1.54, 1.807) is 6.92 Å². The van der Waals surface area contributed by atoms with E-state index in [1.165, 1.54) is 0 Å². The maximum atomic E-state index is 11.9. The minimum Gasteiger partial charge on any atom is -0.461 e. The van der Waals surface area contributed by atoms with Crippen LogP contribution in [0.5, 0.6) is 0 Å². The molecular weight excluding hydrogens is 364 g/mol. The van der Waals surface area contributed by atoms with E-state index in [0.29, 0.717) is 6.61 Å². The number of esters is 3. The summed E-state index contributed by atoms with van der Waals surface area (Å²) in [4.78, 5) is 35.3. The van der Waals surface area contributed by atoms with Crippen LogP contribution < -0.4 is 0 Å². The van der Waals surface area contributed by atoms with Gasteiger partial charge < -0.3 is 18.9 Å². The minimum absolute atomic E-state index is 0.0880. The van der Waals surface area contributed by atoms with Gasteiger partial charge in [0, 0.05) is 12.2 Å². The second kappa shape index (κ2) is 13.5. The van der Waals surface area contributed by atoms with E-state index in [4.69, 9.17) is 18.9 Å². The van der Waals surface area contributed by atoms with Crippen LogP contribution in [0, 0.1) is 0 Å². The zero-order valence-corrected chi connectivity index (χ0v) is 16.5. The predicted molar refractivity (Wildman–Crippen MR) is 102 cm³/mol. The summed E-state index contributed by atoms with van der Waals surface area (Å²) < 4.78 is 20.2. The van der Waals surface area contributed by atoms with Crippen LogP contribution in [0.25, 0.3) is 0 Å². The first kappa shape index (κ1) is 23.4. The van der Waals surface area contributed by atoms with Crippen molar-refractivity contribution in [3.63, 3.8) is 0 Å². The van der Waals surface area contributed by atoms with Gasteiger partial charge in [0.1, 0.15) is 12.7 Å². The van der Waals surface area contributed by atoms with E-state index < -0.39 is 30.6 Å². The number of unbranched alkanes of at least 4 members (excludes halogenated alkanes) is 1. The Morgan fingerprint density at radius 2 is 1.71 bits per heavy atom. The van der Waals surface area contributed by atoms with E-state index in [-0.39, 0.29) is 25.2 Å². The van der Waals surface area contributed by atoms with Gasteiger partial charge in [-0.3, -0.25) is 4.79 Å². The van der Waals surface area contributed by atoms with Crippen molar-refractivity contribution in [2.24, 2.45) is 0 Å². The molecule has 0 saturated heterocycles. The van der Waals surface area contributed by atoms with Gasteiger partial charge in [-0.05, 0) is 18.9 Å². The number of carbonyl (C=O) groups excluding carboxylic acids is 3. The molecule has 1 unspecified atom stereocenters. The molecule has 0 spiro atoms. The third-order valence-corrected chi connectivity index (χ3v) is 3.68. The fourth-order valence-electron chi connectivity index (χ4n) is 2.11. The molecule has 0 amide bonds. The van der Waals surface area contributed by atoms with Crippen molar-refractivity contribution in [2.45, 2.75) is 39.2 Å². The average Bonchev–Trinajstić information content (AvgIpc) is 2.69. The highest BCUT2D eigenvalue weighted by molar-refractivity contribution is 5.94. The Kier molecular flexibility index (Phi) is 11.3. The van der Waals surface area contributed by atoms with Crippen molar-refractivity contribution >= 4 is 17.9 Å². The van der Waals surface area contributed by atoms with Gasteiger partial charge in [-0.25, -0.2) is 9.59 Å². The Hall–Kier alpha value is -2.67. The molecule has 28 heavy (non-hydrogen) atoms. The van der Waals surface area contributed by atoms with Gasteiger partial charge in [0.05, 0.1) is 13.0 Å². The van der Waals surface area contributed by atoms with Gasteiger partial charge in [0.25, 0.3) is 0 Å². The molecule has 1 atom stereocenters. The van der Waals surface area contributed by atoms with Crippen LogP contribution in [0.1, 0.15) is 44.8 Å². The van der Waals surface area contributed by atoms with Gasteiger partial charge in [0.2, 0.25) is 0 Å². The van der Waals surface area contributed by atoms with Crippen LogP contribution in [-0.2, 0) is 33.3 Å². The molecule has 7 nitrogen and oxygen atoms in total. The molecule has 1 rings (SSSR count). The van der Waals surface area contributed by atoms with E-state index >= 15 is 0 Å². The minimum atomic E-state index is -0.847. The Morgan fingerprint density at radius 3 is 2.39 bits per heavy atom. The van der Waals surface area contributed by atoms with Gasteiger partial charge in [0.15, 0.2) is 6.61 Å². The SMILES string of the molecule is C=C(CC(=O)OC(C)c1ccccc1)C(=O)OCC(=O)OCCOCCCC. The maximum absolute atomic E-state index is 11.9. The van der Waals surface area contributed by atoms with Crippen molar-refractivity contribution in [1.82, 2.24) is 0 Å². The number of hydrogen-bond acceptors (Lipinski definition) is 7. The smallest absolute Gasteiger partial charge is 0.344 e. The zero-order valence-electron chi connectivity index (χ0n) is 16.5. The highest BCUT2D eigenvalue weighted by atomic mass is 16.6. The molecule has 0 fully saturated rings. The monoisotopic (exact) mass is 392 g/mol. The maximum Gasteiger partial charge on any atom is 0.344 e. The molecule has 0 aromatic heterocycles. The van der Waals surface area contributed by atoms with E-state index in [0.717, 1.165) is 18.4 Å². The van der Waals surface area contributed by atoms with Crippen LogP contribution in [0.15, 0.2) is 42.5 Å². The lowest BCUT2D eigenvalue weighted by molar-refractivity contribution is -0.158. The summed E-state index contributed by atoms with van der Waals surface area (Å²) in [6.07, 6.45) is 1.20. The lowest BCUT2D eigenvalue weighted by Crippen LogP contribution is -2.20. The fourth-order valence-corrected chi connectivity index (χ4v) is 2.11. The lowest BCUT2D eigenvalue weighted by Gasteiger charge is -2.14. The first-order valence-corrected chi connectivity index (χ1v) is 9.26. The van der Waals surface area contributed by atoms with Crippen molar-refractivity contribution in [2.75, 3.05) is 26.4 Å². The third-order valence-electron chi connectivity index (χ3n) is 3.68. The molecule has 0 aliphatic heterocycles. The molecule has 0 saturated carbocycles. The average molecular weight is 392 g/mol. The standard InChI is InChI=1S/C21H28O7/c1-4-5-11-25-12-13-26-20(23)15-27-21(24)16(2)14-19(22)28-17(3)18-9-7-6-8-10-18/h6-10,17H,2,4-5,11-15H2,1,3H3. The largest absolute Gasteiger partial charge is 0.461 e. The fraction of sp³-hybridized carbons (Fsp3) is 0.476. The quantitative estimate of drug-likeness (QED) is 0.220. The second-order valence-electron chi connectivity index (χ2n) is 6.09. The van der Waals surface area contributed by atoms with Crippen LogP contribution in [0.2, 0.25) is 0 Å². The second-order valence-corrected chi connectivity index (χ2v) is 6.09.